The maximum Gasteiger partial charge on any atom is 0.330 e. The summed E-state index contributed by atoms with van der Waals surface area (Å²) < 4.78 is 14.9. The maximum absolute atomic E-state index is 11.9. The second kappa shape index (κ2) is 8.66. The first-order valence-electron chi connectivity index (χ1n) is 8.41. The minimum absolute atomic E-state index is 0.0700. The Balaban J connectivity index is 1.60. The molecule has 0 unspecified atom stereocenters. The molecule has 4 atom stereocenters. The largest absolute Gasteiger partial charge is 0.465 e. The molecule has 6 heteroatoms. The smallest absolute Gasteiger partial charge is 0.330 e. The van der Waals surface area contributed by atoms with Crippen molar-refractivity contribution in [1.29, 1.82) is 0 Å². The summed E-state index contributed by atoms with van der Waals surface area (Å²) in [6.45, 7) is 4.59. The molecule has 0 saturated heterocycles. The van der Waals surface area contributed by atoms with Gasteiger partial charge in [-0.2, -0.15) is 0 Å². The van der Waals surface area contributed by atoms with Crippen LogP contribution in [0.5, 0.6) is 0 Å². The van der Waals surface area contributed by atoms with Gasteiger partial charge in [-0.3, -0.25) is 4.79 Å². The number of esters is 3. The molecule has 2 fully saturated rings. The molecule has 0 aromatic rings. The fraction of sp³-hybridized carbons (Fsp3) is 0.611. The van der Waals surface area contributed by atoms with Crippen LogP contribution < -0.4 is 0 Å². The molecule has 2 aliphatic carbocycles. The highest BCUT2D eigenvalue weighted by Gasteiger charge is 2.44. The molecule has 0 N–H and O–H groups in total. The van der Waals surface area contributed by atoms with E-state index in [0.29, 0.717) is 26.2 Å². The number of carbonyl (C=O) groups is 3. The van der Waals surface area contributed by atoms with E-state index in [1.165, 1.54) is 12.2 Å². The number of ether oxygens (including phenoxy) is 3. The fourth-order valence-electron chi connectivity index (χ4n) is 2.48. The lowest BCUT2D eigenvalue weighted by molar-refractivity contribution is -0.146. The minimum Gasteiger partial charge on any atom is -0.465 e. The van der Waals surface area contributed by atoms with E-state index < -0.39 is 0 Å². The summed E-state index contributed by atoms with van der Waals surface area (Å²) >= 11 is 0. The number of hydrogen-bond donors (Lipinski definition) is 0. The van der Waals surface area contributed by atoms with Gasteiger partial charge in [0.1, 0.15) is 0 Å². The average molecular weight is 336 g/mol. The van der Waals surface area contributed by atoms with Crippen molar-refractivity contribution in [3.05, 3.63) is 24.3 Å². The van der Waals surface area contributed by atoms with Gasteiger partial charge in [-0.15, -0.1) is 0 Å². The topological polar surface area (TPSA) is 78.9 Å². The van der Waals surface area contributed by atoms with Crippen LogP contribution in [-0.2, 0) is 28.6 Å². The summed E-state index contributed by atoms with van der Waals surface area (Å²) in [5.41, 5.74) is 0. The molecule has 0 amide bonds. The normalized spacial score (nSPS) is 27.9. The Bertz CT molecular complexity index is 536. The van der Waals surface area contributed by atoms with Crippen molar-refractivity contribution in [3.8, 4) is 0 Å². The molecule has 0 aromatic heterocycles. The van der Waals surface area contributed by atoms with Crippen LogP contribution in [0.4, 0.5) is 0 Å². The zero-order valence-corrected chi connectivity index (χ0v) is 14.1. The van der Waals surface area contributed by atoms with Gasteiger partial charge >= 0.3 is 17.9 Å². The molecule has 0 radical (unpaired) electrons. The first-order valence-corrected chi connectivity index (χ1v) is 8.41. The van der Waals surface area contributed by atoms with Crippen LogP contribution in [0, 0.1) is 23.7 Å². The van der Waals surface area contributed by atoms with Crippen molar-refractivity contribution < 1.29 is 28.6 Å². The second-order valence-corrected chi connectivity index (χ2v) is 6.02. The van der Waals surface area contributed by atoms with Crippen molar-refractivity contribution in [1.82, 2.24) is 0 Å². The molecule has 2 aliphatic rings. The van der Waals surface area contributed by atoms with E-state index in [0.717, 1.165) is 6.42 Å². The zero-order chi connectivity index (χ0) is 17.5. The van der Waals surface area contributed by atoms with Gasteiger partial charge < -0.3 is 14.2 Å². The van der Waals surface area contributed by atoms with E-state index in [2.05, 4.69) is 0 Å². The quantitative estimate of drug-likeness (QED) is 0.364. The van der Waals surface area contributed by atoms with E-state index in [9.17, 15) is 14.4 Å². The zero-order valence-electron chi connectivity index (χ0n) is 14.1. The van der Waals surface area contributed by atoms with Gasteiger partial charge in [0.15, 0.2) is 0 Å². The van der Waals surface area contributed by atoms with Gasteiger partial charge in [0.25, 0.3) is 0 Å². The number of hydrogen-bond acceptors (Lipinski definition) is 6. The van der Waals surface area contributed by atoms with E-state index in [1.54, 1.807) is 19.9 Å². The van der Waals surface area contributed by atoms with Crippen molar-refractivity contribution in [3.63, 3.8) is 0 Å². The van der Waals surface area contributed by atoms with E-state index in [4.69, 9.17) is 14.2 Å². The third-order valence-corrected chi connectivity index (χ3v) is 4.09. The summed E-state index contributed by atoms with van der Waals surface area (Å²) in [6, 6.07) is 0. The van der Waals surface area contributed by atoms with Crippen LogP contribution >= 0.6 is 0 Å². The average Bonchev–Trinajstić information content (AvgIpc) is 3.44. The van der Waals surface area contributed by atoms with Crippen LogP contribution in [0.1, 0.15) is 26.7 Å². The SMILES string of the molecule is CCOC(=O)/C=C/[C@@H]1C[C@H]1COC(=O)[C@H]1C[C@@H]1/C=C/C(=O)OCC. The Morgan fingerprint density at radius 3 is 2.04 bits per heavy atom. The lowest BCUT2D eigenvalue weighted by atomic mass is 10.3. The van der Waals surface area contributed by atoms with Gasteiger partial charge in [0, 0.05) is 12.2 Å². The molecule has 0 heterocycles. The summed E-state index contributed by atoms with van der Waals surface area (Å²) in [5.74, 6) is -0.454. The van der Waals surface area contributed by atoms with Crippen molar-refractivity contribution in [2.75, 3.05) is 19.8 Å². The Morgan fingerprint density at radius 2 is 1.46 bits per heavy atom. The highest BCUT2D eigenvalue weighted by atomic mass is 16.5. The number of rotatable bonds is 9. The van der Waals surface area contributed by atoms with Gasteiger partial charge in [0.2, 0.25) is 0 Å². The molecule has 6 nitrogen and oxygen atoms in total. The van der Waals surface area contributed by atoms with Gasteiger partial charge in [-0.25, -0.2) is 9.59 Å². The highest BCUT2D eigenvalue weighted by Crippen LogP contribution is 2.43. The van der Waals surface area contributed by atoms with Crippen molar-refractivity contribution in [2.24, 2.45) is 23.7 Å². The number of allylic oxidation sites excluding steroid dienone is 2. The Labute approximate surface area is 141 Å². The van der Waals surface area contributed by atoms with Gasteiger partial charge in [0.05, 0.1) is 25.7 Å². The second-order valence-electron chi connectivity index (χ2n) is 6.02. The third-order valence-electron chi connectivity index (χ3n) is 4.09. The first-order chi connectivity index (χ1) is 11.5. The summed E-state index contributed by atoms with van der Waals surface area (Å²) in [7, 11) is 0. The Morgan fingerprint density at radius 1 is 0.875 bits per heavy atom. The van der Waals surface area contributed by atoms with E-state index in [-0.39, 0.29) is 41.6 Å². The van der Waals surface area contributed by atoms with E-state index in [1.807, 2.05) is 6.08 Å². The summed E-state index contributed by atoms with van der Waals surface area (Å²) in [5, 5.41) is 0. The van der Waals surface area contributed by atoms with Crippen LogP contribution in [0.3, 0.4) is 0 Å². The standard InChI is InChI=1S/C18H24O6/c1-3-22-16(19)7-5-12-9-14(12)11-24-18(21)15-10-13(15)6-8-17(20)23-4-2/h5-8,12-15H,3-4,9-11H2,1-2H3/b7-5+,8-6+/t12-,13+,14+,15+/m1/s1. The van der Waals surface area contributed by atoms with E-state index >= 15 is 0 Å². The highest BCUT2D eigenvalue weighted by molar-refractivity contribution is 5.83. The minimum atomic E-state index is -0.384. The molecule has 2 rings (SSSR count). The van der Waals surface area contributed by atoms with Crippen LogP contribution in [0.25, 0.3) is 0 Å². The predicted molar refractivity (Wildman–Crippen MR) is 85.7 cm³/mol. The molecule has 0 aliphatic heterocycles. The molecule has 0 aromatic carbocycles. The maximum atomic E-state index is 11.9. The van der Waals surface area contributed by atoms with Gasteiger partial charge in [-0.05, 0) is 44.4 Å². The number of carbonyl (C=O) groups excluding carboxylic acids is 3. The van der Waals surface area contributed by atoms with Gasteiger partial charge in [-0.1, -0.05) is 12.2 Å². The van der Waals surface area contributed by atoms with Crippen LogP contribution in [-0.4, -0.2) is 37.7 Å². The molecule has 0 spiro atoms. The third kappa shape index (κ3) is 5.83. The molecule has 24 heavy (non-hydrogen) atoms. The molecule has 0 bridgehead atoms. The first kappa shape index (κ1) is 18.2. The van der Waals surface area contributed by atoms with Crippen LogP contribution in [0.2, 0.25) is 0 Å². The lowest BCUT2D eigenvalue weighted by Gasteiger charge is -2.02. The van der Waals surface area contributed by atoms with Crippen LogP contribution in [0.15, 0.2) is 24.3 Å². The van der Waals surface area contributed by atoms with Crippen molar-refractivity contribution >= 4 is 17.9 Å². The Kier molecular flexibility index (Phi) is 6.58. The molecular formula is C18H24O6. The molecule has 132 valence electrons. The predicted octanol–water partition coefficient (Wildman–Crippen LogP) is 2.04. The molecule has 2 saturated carbocycles. The lowest BCUT2D eigenvalue weighted by Crippen LogP contribution is -2.10. The summed E-state index contributed by atoms with van der Waals surface area (Å²) in [6.07, 6.45) is 7.97. The fourth-order valence-corrected chi connectivity index (χ4v) is 2.48. The van der Waals surface area contributed by atoms with Crippen molar-refractivity contribution in [2.45, 2.75) is 26.7 Å². The monoisotopic (exact) mass is 336 g/mol. The Hall–Kier alpha value is -2.11. The summed E-state index contributed by atoms with van der Waals surface area (Å²) in [4.78, 5) is 34.3. The molecular weight excluding hydrogens is 312 g/mol.